The second-order valence-electron chi connectivity index (χ2n) is 5.13. The summed E-state index contributed by atoms with van der Waals surface area (Å²) in [5.41, 5.74) is 0. The fourth-order valence-electron chi connectivity index (χ4n) is 2.53. The van der Waals surface area contributed by atoms with Crippen molar-refractivity contribution in [2.24, 2.45) is 0 Å². The molecule has 2 atom stereocenters. The second kappa shape index (κ2) is 7.73. The first-order valence-electron chi connectivity index (χ1n) is 7.15. The van der Waals surface area contributed by atoms with Gasteiger partial charge in [-0.2, -0.15) is 11.8 Å². The van der Waals surface area contributed by atoms with Gasteiger partial charge in [0.25, 0.3) is 0 Å². The summed E-state index contributed by atoms with van der Waals surface area (Å²) >= 11 is 1.58. The second-order valence-corrected chi connectivity index (χ2v) is 6.28. The van der Waals surface area contributed by atoms with E-state index in [0.29, 0.717) is 18.8 Å². The number of hydrogen-bond donors (Lipinski definition) is 2. The van der Waals surface area contributed by atoms with Gasteiger partial charge in [-0.25, -0.2) is 9.59 Å². The molecule has 2 heterocycles. The van der Waals surface area contributed by atoms with Crippen molar-refractivity contribution < 1.29 is 19.4 Å². The van der Waals surface area contributed by atoms with E-state index in [1.165, 1.54) is 11.3 Å². The zero-order chi connectivity index (χ0) is 14.4. The minimum Gasteiger partial charge on any atom is -0.480 e. The van der Waals surface area contributed by atoms with Gasteiger partial charge >= 0.3 is 12.0 Å². The van der Waals surface area contributed by atoms with Crippen LogP contribution < -0.4 is 5.32 Å². The van der Waals surface area contributed by atoms with Crippen LogP contribution in [-0.2, 0) is 9.53 Å². The quantitative estimate of drug-likeness (QED) is 0.814. The topological polar surface area (TPSA) is 78.9 Å². The number of nitrogens with zero attached hydrogens (tertiary/aromatic N) is 1. The molecule has 0 aliphatic carbocycles. The van der Waals surface area contributed by atoms with Gasteiger partial charge in [0.05, 0.1) is 6.10 Å². The van der Waals surface area contributed by atoms with Gasteiger partial charge in [0, 0.05) is 31.2 Å². The van der Waals surface area contributed by atoms with Crippen LogP contribution in [0.3, 0.4) is 0 Å². The number of carbonyl (C=O) groups excluding carboxylic acids is 1. The maximum absolute atomic E-state index is 12.1. The Bertz CT molecular complexity index is 347. The third kappa shape index (κ3) is 4.28. The molecule has 0 saturated carbocycles. The molecule has 0 spiro atoms. The number of carboxylic acids is 1. The highest BCUT2D eigenvalue weighted by Crippen LogP contribution is 2.17. The van der Waals surface area contributed by atoms with Crippen molar-refractivity contribution in [3.63, 3.8) is 0 Å². The molecule has 0 aromatic carbocycles. The average Bonchev–Trinajstić information content (AvgIpc) is 2.48. The van der Waals surface area contributed by atoms with Crippen molar-refractivity contribution >= 4 is 23.8 Å². The van der Waals surface area contributed by atoms with E-state index in [0.717, 1.165) is 31.6 Å². The van der Waals surface area contributed by atoms with E-state index in [9.17, 15) is 9.59 Å². The van der Waals surface area contributed by atoms with Crippen molar-refractivity contribution in [3.05, 3.63) is 0 Å². The highest BCUT2D eigenvalue weighted by atomic mass is 32.2. The lowest BCUT2D eigenvalue weighted by molar-refractivity contribution is -0.141. The monoisotopic (exact) mass is 302 g/mol. The van der Waals surface area contributed by atoms with Crippen LogP contribution in [0.1, 0.15) is 25.7 Å². The van der Waals surface area contributed by atoms with Crippen LogP contribution in [0.4, 0.5) is 4.79 Å². The molecule has 20 heavy (non-hydrogen) atoms. The molecule has 114 valence electrons. The lowest BCUT2D eigenvalue weighted by Crippen LogP contribution is -2.54. The van der Waals surface area contributed by atoms with Gasteiger partial charge in [-0.15, -0.1) is 0 Å². The van der Waals surface area contributed by atoms with E-state index < -0.39 is 12.0 Å². The number of nitrogens with one attached hydrogen (secondary N) is 1. The van der Waals surface area contributed by atoms with Gasteiger partial charge in [-0.3, -0.25) is 0 Å². The SMILES string of the molecule is O=C(O)C1CSCCN1C(=O)NCCC1CCCCO1. The Labute approximate surface area is 123 Å². The zero-order valence-corrected chi connectivity index (χ0v) is 12.4. The number of carboxylic acid groups (broad SMARTS) is 1. The molecule has 2 aliphatic heterocycles. The lowest BCUT2D eigenvalue weighted by Gasteiger charge is -2.32. The highest BCUT2D eigenvalue weighted by molar-refractivity contribution is 7.99. The third-order valence-electron chi connectivity index (χ3n) is 3.69. The Balaban J connectivity index is 1.73. The predicted molar refractivity (Wildman–Crippen MR) is 77.1 cm³/mol. The van der Waals surface area contributed by atoms with Crippen molar-refractivity contribution in [1.29, 1.82) is 0 Å². The molecule has 2 unspecified atom stereocenters. The van der Waals surface area contributed by atoms with Crippen LogP contribution in [0.2, 0.25) is 0 Å². The van der Waals surface area contributed by atoms with Gasteiger partial charge in [-0.1, -0.05) is 0 Å². The van der Waals surface area contributed by atoms with Crippen LogP contribution in [-0.4, -0.2) is 65.4 Å². The fourth-order valence-corrected chi connectivity index (χ4v) is 3.57. The molecule has 2 fully saturated rings. The van der Waals surface area contributed by atoms with Crippen LogP contribution >= 0.6 is 11.8 Å². The van der Waals surface area contributed by atoms with Gasteiger partial charge in [-0.05, 0) is 25.7 Å². The van der Waals surface area contributed by atoms with E-state index in [1.54, 1.807) is 11.8 Å². The highest BCUT2D eigenvalue weighted by Gasteiger charge is 2.32. The molecule has 0 aromatic heterocycles. The van der Waals surface area contributed by atoms with Crippen molar-refractivity contribution in [2.75, 3.05) is 31.2 Å². The third-order valence-corrected chi connectivity index (χ3v) is 4.71. The van der Waals surface area contributed by atoms with E-state index in [-0.39, 0.29) is 12.1 Å². The average molecular weight is 302 g/mol. The summed E-state index contributed by atoms with van der Waals surface area (Å²) in [5, 5.41) is 12.0. The molecule has 7 heteroatoms. The van der Waals surface area contributed by atoms with E-state index in [2.05, 4.69) is 5.32 Å². The summed E-state index contributed by atoms with van der Waals surface area (Å²) in [6.07, 6.45) is 4.38. The first-order valence-corrected chi connectivity index (χ1v) is 8.30. The van der Waals surface area contributed by atoms with Crippen molar-refractivity contribution in [2.45, 2.75) is 37.8 Å². The number of hydrogen-bond acceptors (Lipinski definition) is 4. The minimum atomic E-state index is -0.928. The first-order chi connectivity index (χ1) is 9.68. The number of rotatable bonds is 4. The zero-order valence-electron chi connectivity index (χ0n) is 11.5. The van der Waals surface area contributed by atoms with Gasteiger partial charge < -0.3 is 20.1 Å². The lowest BCUT2D eigenvalue weighted by atomic mass is 10.1. The summed E-state index contributed by atoms with van der Waals surface area (Å²) in [4.78, 5) is 24.6. The molecule has 2 saturated heterocycles. The molecule has 2 amide bonds. The summed E-state index contributed by atoms with van der Waals surface area (Å²) < 4.78 is 5.60. The maximum atomic E-state index is 12.1. The standard InChI is InChI=1S/C13H22N2O4S/c16-12(17)11-9-20-8-6-15(11)13(18)14-5-4-10-3-1-2-7-19-10/h10-11H,1-9H2,(H,14,18)(H,16,17). The molecule has 2 rings (SSSR count). The molecule has 2 aliphatic rings. The van der Waals surface area contributed by atoms with Crippen LogP contribution in [0.25, 0.3) is 0 Å². The van der Waals surface area contributed by atoms with E-state index >= 15 is 0 Å². The normalized spacial score (nSPS) is 27.1. The van der Waals surface area contributed by atoms with Crippen LogP contribution in [0.5, 0.6) is 0 Å². The molecule has 6 nitrogen and oxygen atoms in total. The Morgan fingerprint density at radius 1 is 1.40 bits per heavy atom. The smallest absolute Gasteiger partial charge is 0.327 e. The number of ether oxygens (including phenoxy) is 1. The molecule has 0 bridgehead atoms. The van der Waals surface area contributed by atoms with Gasteiger partial charge in [0.15, 0.2) is 0 Å². The first kappa shape index (κ1) is 15.4. The van der Waals surface area contributed by atoms with Gasteiger partial charge in [0.1, 0.15) is 6.04 Å². The van der Waals surface area contributed by atoms with Gasteiger partial charge in [0.2, 0.25) is 0 Å². The molecular weight excluding hydrogens is 280 g/mol. The molecule has 0 radical (unpaired) electrons. The maximum Gasteiger partial charge on any atom is 0.327 e. The summed E-state index contributed by atoms with van der Waals surface area (Å²) in [6, 6.07) is -0.979. The summed E-state index contributed by atoms with van der Waals surface area (Å²) in [5.74, 6) is 0.334. The summed E-state index contributed by atoms with van der Waals surface area (Å²) in [7, 11) is 0. The Kier molecular flexibility index (Phi) is 5.97. The molecule has 2 N–H and O–H groups in total. The Morgan fingerprint density at radius 3 is 2.95 bits per heavy atom. The molecular formula is C13H22N2O4S. The summed E-state index contributed by atoms with van der Waals surface area (Å²) in [6.45, 7) is 1.84. The van der Waals surface area contributed by atoms with Crippen LogP contribution in [0.15, 0.2) is 0 Å². The minimum absolute atomic E-state index is 0.233. The van der Waals surface area contributed by atoms with Crippen LogP contribution in [0, 0.1) is 0 Å². The number of aliphatic carboxylic acids is 1. The number of thioether (sulfide) groups is 1. The van der Waals surface area contributed by atoms with Crippen molar-refractivity contribution in [3.8, 4) is 0 Å². The number of carbonyl (C=O) groups is 2. The van der Waals surface area contributed by atoms with Crippen molar-refractivity contribution in [1.82, 2.24) is 10.2 Å². The Hall–Kier alpha value is -0.950. The predicted octanol–water partition coefficient (Wildman–Crippen LogP) is 1.16. The van der Waals surface area contributed by atoms with E-state index in [1.807, 2.05) is 0 Å². The largest absolute Gasteiger partial charge is 0.480 e. The Morgan fingerprint density at radius 2 is 2.25 bits per heavy atom. The number of amides is 2. The number of urea groups is 1. The fraction of sp³-hybridized carbons (Fsp3) is 0.846. The molecule has 0 aromatic rings. The van der Waals surface area contributed by atoms with E-state index in [4.69, 9.17) is 9.84 Å².